The topological polar surface area (TPSA) is 72.3 Å². The zero-order valence-corrected chi connectivity index (χ0v) is 21.5. The predicted octanol–water partition coefficient (Wildman–Crippen LogP) is 4.82. The van der Waals surface area contributed by atoms with Gasteiger partial charge in [0.1, 0.15) is 0 Å². The van der Waals surface area contributed by atoms with E-state index in [-0.39, 0.29) is 18.1 Å². The van der Waals surface area contributed by atoms with Gasteiger partial charge in [0, 0.05) is 19.7 Å². The van der Waals surface area contributed by atoms with E-state index in [4.69, 9.17) is 4.74 Å². The fraction of sp³-hybridized carbons (Fsp3) is 0.519. The molecule has 2 fully saturated rings. The molecule has 0 bridgehead atoms. The molecule has 0 radical (unpaired) electrons. The maximum absolute atomic E-state index is 12.9. The molecule has 0 spiro atoms. The molecule has 2 saturated heterocycles. The lowest BCUT2D eigenvalue weighted by Crippen LogP contribution is -2.35. The first-order valence-electron chi connectivity index (χ1n) is 12.8. The zero-order valence-electron chi connectivity index (χ0n) is 20.7. The Hall–Kier alpha value is -2.58. The van der Waals surface area contributed by atoms with Crippen molar-refractivity contribution >= 4 is 34.4 Å². The van der Waals surface area contributed by atoms with Gasteiger partial charge in [-0.2, -0.15) is 0 Å². The van der Waals surface area contributed by atoms with Gasteiger partial charge in [0.05, 0.1) is 24.4 Å². The number of benzene rings is 2. The number of hydrogen-bond donors (Lipinski definition) is 1. The highest BCUT2D eigenvalue weighted by Crippen LogP contribution is 2.29. The van der Waals surface area contributed by atoms with Gasteiger partial charge in [0.2, 0.25) is 11.9 Å². The number of piperidine rings is 1. The minimum atomic E-state index is -0.0788. The molecule has 0 aliphatic carbocycles. The van der Waals surface area contributed by atoms with Crippen molar-refractivity contribution in [2.24, 2.45) is 5.92 Å². The summed E-state index contributed by atoms with van der Waals surface area (Å²) in [4.78, 5) is 15.3. The Kier molecular flexibility index (Phi) is 7.58. The van der Waals surface area contributed by atoms with Crippen molar-refractivity contribution in [1.82, 2.24) is 20.1 Å². The molecule has 3 aromatic rings. The van der Waals surface area contributed by atoms with Crippen LogP contribution < -0.4 is 10.2 Å². The van der Waals surface area contributed by atoms with Gasteiger partial charge in [0.25, 0.3) is 0 Å². The van der Waals surface area contributed by atoms with E-state index >= 15 is 0 Å². The molecule has 0 saturated carbocycles. The van der Waals surface area contributed by atoms with Crippen molar-refractivity contribution in [3.05, 3.63) is 48.0 Å². The summed E-state index contributed by atoms with van der Waals surface area (Å²) >= 11 is 1.46. The average molecular weight is 494 g/mol. The number of aromatic nitrogens is 3. The maximum Gasteiger partial charge on any atom is 0.230 e. The summed E-state index contributed by atoms with van der Waals surface area (Å²) in [5.41, 5.74) is 1.13. The van der Waals surface area contributed by atoms with E-state index in [2.05, 4.69) is 56.2 Å². The van der Waals surface area contributed by atoms with Crippen LogP contribution in [0.5, 0.6) is 0 Å². The van der Waals surface area contributed by atoms with Crippen LogP contribution in [0.2, 0.25) is 0 Å². The van der Waals surface area contributed by atoms with E-state index < -0.39 is 0 Å². The van der Waals surface area contributed by atoms with E-state index in [0.29, 0.717) is 5.75 Å². The number of carbonyl (C=O) groups is 1. The summed E-state index contributed by atoms with van der Waals surface area (Å²) in [6, 6.07) is 14.4. The number of nitrogens with zero attached hydrogens (tertiary/aromatic N) is 4. The summed E-state index contributed by atoms with van der Waals surface area (Å²) < 4.78 is 8.10. The highest BCUT2D eigenvalue weighted by atomic mass is 32.2. The number of fused-ring (bicyclic) bond motifs is 1. The lowest BCUT2D eigenvalue weighted by molar-refractivity contribution is -0.119. The Morgan fingerprint density at radius 1 is 1.14 bits per heavy atom. The van der Waals surface area contributed by atoms with Gasteiger partial charge in [-0.1, -0.05) is 61.2 Å². The molecule has 7 nitrogen and oxygen atoms in total. The molecular weight excluding hydrogens is 458 g/mol. The van der Waals surface area contributed by atoms with Crippen LogP contribution in [0.25, 0.3) is 10.8 Å². The van der Waals surface area contributed by atoms with Gasteiger partial charge < -0.3 is 15.0 Å². The third-order valence-corrected chi connectivity index (χ3v) is 8.14. The fourth-order valence-electron chi connectivity index (χ4n) is 5.10. The largest absolute Gasteiger partial charge is 0.376 e. The number of anilines is 1. The minimum Gasteiger partial charge on any atom is -0.376 e. The third kappa shape index (κ3) is 5.64. The monoisotopic (exact) mass is 493 g/mol. The third-order valence-electron chi connectivity index (χ3n) is 7.17. The fourth-order valence-corrected chi connectivity index (χ4v) is 5.86. The zero-order chi connectivity index (χ0) is 24.2. The number of nitrogens with one attached hydrogen (secondary N) is 1. The second kappa shape index (κ2) is 11.0. The predicted molar refractivity (Wildman–Crippen MR) is 141 cm³/mol. The molecule has 5 rings (SSSR count). The van der Waals surface area contributed by atoms with E-state index in [1.54, 1.807) is 0 Å². The van der Waals surface area contributed by atoms with Crippen LogP contribution in [0, 0.1) is 5.92 Å². The van der Waals surface area contributed by atoms with Crippen molar-refractivity contribution < 1.29 is 9.53 Å². The highest BCUT2D eigenvalue weighted by Gasteiger charge is 2.26. The van der Waals surface area contributed by atoms with Gasteiger partial charge in [-0.15, -0.1) is 10.2 Å². The van der Waals surface area contributed by atoms with Gasteiger partial charge in [-0.25, -0.2) is 0 Å². The first kappa shape index (κ1) is 24.1. The van der Waals surface area contributed by atoms with Gasteiger partial charge in [0.15, 0.2) is 5.16 Å². The molecular formula is C27H35N5O2S. The van der Waals surface area contributed by atoms with Crippen LogP contribution in [0.3, 0.4) is 0 Å². The van der Waals surface area contributed by atoms with Crippen molar-refractivity contribution in [3.8, 4) is 0 Å². The summed E-state index contributed by atoms with van der Waals surface area (Å²) in [6.07, 6.45) is 4.68. The lowest BCUT2D eigenvalue weighted by Gasteiger charge is -2.31. The van der Waals surface area contributed by atoms with E-state index in [1.807, 2.05) is 25.1 Å². The minimum absolute atomic E-state index is 0.00421. The van der Waals surface area contributed by atoms with E-state index in [0.717, 1.165) is 61.7 Å². The average Bonchev–Trinajstić information content (AvgIpc) is 3.53. The summed E-state index contributed by atoms with van der Waals surface area (Å²) in [6.45, 7) is 7.91. The summed E-state index contributed by atoms with van der Waals surface area (Å²) in [5.74, 6) is 1.97. The number of carbonyl (C=O) groups excluding carboxylic acids is 1. The normalized spacial score (nSPS) is 19.8. The number of rotatable bonds is 8. The quantitative estimate of drug-likeness (QED) is 0.454. The molecule has 2 aliphatic rings. The molecule has 0 unspecified atom stereocenters. The molecule has 186 valence electrons. The van der Waals surface area contributed by atoms with Crippen LogP contribution in [0.4, 0.5) is 5.95 Å². The molecule has 2 aliphatic heterocycles. The number of hydrogen-bond acceptors (Lipinski definition) is 6. The first-order valence-corrected chi connectivity index (χ1v) is 13.8. The number of ether oxygens (including phenoxy) is 1. The van der Waals surface area contributed by atoms with Crippen LogP contribution in [0.15, 0.2) is 47.6 Å². The molecule has 1 N–H and O–H groups in total. The second-order valence-corrected chi connectivity index (χ2v) is 10.8. The Labute approximate surface area is 211 Å². The SMILES string of the molecule is CC1CCN(c2nnc(SCC(=O)N[C@H](C)c3cccc4ccccc34)n2C[C@H]2CCCO2)CC1. The van der Waals surface area contributed by atoms with Crippen molar-refractivity contribution in [3.63, 3.8) is 0 Å². The lowest BCUT2D eigenvalue weighted by atomic mass is 10.00. The first-order chi connectivity index (χ1) is 17.1. The molecule has 1 aromatic heterocycles. The Bertz CT molecular complexity index is 1150. The summed E-state index contributed by atoms with van der Waals surface area (Å²) in [5, 5.41) is 15.4. The molecule has 3 heterocycles. The smallest absolute Gasteiger partial charge is 0.230 e. The van der Waals surface area contributed by atoms with Crippen molar-refractivity contribution in [2.75, 3.05) is 30.3 Å². The van der Waals surface area contributed by atoms with Gasteiger partial charge in [-0.05, 0) is 54.9 Å². The number of thioether (sulfide) groups is 1. The molecule has 2 aromatic carbocycles. The Balaban J connectivity index is 1.26. The molecule has 8 heteroatoms. The maximum atomic E-state index is 12.9. The van der Waals surface area contributed by atoms with Crippen LogP contribution in [0.1, 0.15) is 51.1 Å². The molecule has 35 heavy (non-hydrogen) atoms. The van der Waals surface area contributed by atoms with Crippen molar-refractivity contribution in [2.45, 2.75) is 63.4 Å². The van der Waals surface area contributed by atoms with E-state index in [1.165, 1.54) is 35.4 Å². The number of amides is 1. The summed E-state index contributed by atoms with van der Waals surface area (Å²) in [7, 11) is 0. The van der Waals surface area contributed by atoms with Gasteiger partial charge in [-0.3, -0.25) is 9.36 Å². The van der Waals surface area contributed by atoms with Crippen LogP contribution >= 0.6 is 11.8 Å². The Morgan fingerprint density at radius 2 is 1.94 bits per heavy atom. The molecule has 2 atom stereocenters. The van der Waals surface area contributed by atoms with Crippen molar-refractivity contribution in [1.29, 1.82) is 0 Å². The highest BCUT2D eigenvalue weighted by molar-refractivity contribution is 7.99. The second-order valence-electron chi connectivity index (χ2n) is 9.84. The Morgan fingerprint density at radius 3 is 2.74 bits per heavy atom. The molecule has 1 amide bonds. The van der Waals surface area contributed by atoms with Crippen LogP contribution in [-0.4, -0.2) is 52.2 Å². The van der Waals surface area contributed by atoms with Gasteiger partial charge >= 0.3 is 0 Å². The van der Waals surface area contributed by atoms with Crippen LogP contribution in [-0.2, 0) is 16.1 Å². The van der Waals surface area contributed by atoms with E-state index in [9.17, 15) is 4.79 Å². The standard InChI is InChI=1S/C27H35N5O2S/c1-19-12-14-31(15-13-19)26-29-30-27(32(26)17-22-9-6-16-34-22)35-18-25(33)28-20(2)23-11-5-8-21-7-3-4-10-24(21)23/h3-5,7-8,10-11,19-20,22H,6,9,12-18H2,1-2H3,(H,28,33)/t20-,22-/m1/s1.